The van der Waals surface area contributed by atoms with E-state index < -0.39 is 0 Å². The second-order valence-electron chi connectivity index (χ2n) is 3.39. The molecule has 1 amide bonds. The third-order valence-corrected chi connectivity index (χ3v) is 3.09. The van der Waals surface area contributed by atoms with Crippen molar-refractivity contribution in [1.82, 2.24) is 4.90 Å². The first-order chi connectivity index (χ1) is 5.61. The average molecular weight is 188 g/mol. The summed E-state index contributed by atoms with van der Waals surface area (Å²) in [5.41, 5.74) is 5.65. The molecule has 0 bridgehead atoms. The van der Waals surface area contributed by atoms with Crippen LogP contribution in [-0.4, -0.2) is 40.9 Å². The van der Waals surface area contributed by atoms with Gasteiger partial charge >= 0.3 is 0 Å². The minimum absolute atomic E-state index is 0.0829. The van der Waals surface area contributed by atoms with E-state index in [1.165, 1.54) is 0 Å². The maximum Gasteiger partial charge on any atom is 0.232 e. The molecule has 1 saturated heterocycles. The molecule has 2 unspecified atom stereocenters. The molecule has 1 fully saturated rings. The summed E-state index contributed by atoms with van der Waals surface area (Å²) in [5, 5.41) is 0. The first kappa shape index (κ1) is 9.86. The molecule has 0 aromatic heterocycles. The van der Waals surface area contributed by atoms with E-state index in [1.54, 1.807) is 11.8 Å². The Morgan fingerprint density at radius 1 is 1.83 bits per heavy atom. The van der Waals surface area contributed by atoms with Crippen LogP contribution in [0.5, 0.6) is 0 Å². The van der Waals surface area contributed by atoms with Crippen molar-refractivity contribution in [2.45, 2.75) is 25.9 Å². The lowest BCUT2D eigenvalue weighted by Crippen LogP contribution is -2.49. The highest BCUT2D eigenvalue weighted by molar-refractivity contribution is 8.00. The van der Waals surface area contributed by atoms with Crippen LogP contribution >= 0.6 is 11.8 Å². The summed E-state index contributed by atoms with van der Waals surface area (Å²) >= 11 is 1.71. The molecule has 4 heteroatoms. The normalized spacial score (nSPS) is 27.4. The van der Waals surface area contributed by atoms with Gasteiger partial charge in [-0.25, -0.2) is 0 Å². The van der Waals surface area contributed by atoms with Gasteiger partial charge in [0.15, 0.2) is 0 Å². The summed E-state index contributed by atoms with van der Waals surface area (Å²) in [6.45, 7) is 4.70. The van der Waals surface area contributed by atoms with Crippen LogP contribution in [0.25, 0.3) is 0 Å². The van der Waals surface area contributed by atoms with E-state index in [9.17, 15) is 4.79 Å². The summed E-state index contributed by atoms with van der Waals surface area (Å²) in [6.07, 6.45) is 0. The molecule has 12 heavy (non-hydrogen) atoms. The van der Waals surface area contributed by atoms with Crippen molar-refractivity contribution in [1.29, 1.82) is 0 Å². The number of amides is 1. The van der Waals surface area contributed by atoms with E-state index in [1.807, 2.05) is 11.8 Å². The van der Waals surface area contributed by atoms with Crippen LogP contribution in [0.2, 0.25) is 0 Å². The fourth-order valence-electron chi connectivity index (χ4n) is 1.33. The van der Waals surface area contributed by atoms with Gasteiger partial charge in [-0.2, -0.15) is 0 Å². The summed E-state index contributed by atoms with van der Waals surface area (Å²) in [7, 11) is 0. The van der Waals surface area contributed by atoms with Crippen molar-refractivity contribution >= 4 is 17.7 Å². The summed E-state index contributed by atoms with van der Waals surface area (Å²) in [4.78, 5) is 13.3. The molecule has 1 aliphatic rings. The van der Waals surface area contributed by atoms with Crippen molar-refractivity contribution in [2.24, 2.45) is 5.73 Å². The van der Waals surface area contributed by atoms with Gasteiger partial charge in [0.05, 0.1) is 5.75 Å². The second kappa shape index (κ2) is 4.14. The average Bonchev–Trinajstić information content (AvgIpc) is 1.97. The Hall–Kier alpha value is -0.220. The molecule has 0 saturated carbocycles. The Bertz CT molecular complexity index is 172. The highest BCUT2D eigenvalue weighted by Crippen LogP contribution is 2.16. The van der Waals surface area contributed by atoms with E-state index in [2.05, 4.69) is 6.92 Å². The first-order valence-electron chi connectivity index (χ1n) is 4.24. The van der Waals surface area contributed by atoms with Gasteiger partial charge in [-0.05, 0) is 13.8 Å². The van der Waals surface area contributed by atoms with Gasteiger partial charge in [-0.15, -0.1) is 11.8 Å². The molecular formula is C8H16N2OS. The van der Waals surface area contributed by atoms with Crippen LogP contribution in [0.1, 0.15) is 13.8 Å². The van der Waals surface area contributed by atoms with Gasteiger partial charge in [-0.3, -0.25) is 4.79 Å². The molecule has 0 aromatic carbocycles. The number of carbonyl (C=O) groups is 1. The zero-order chi connectivity index (χ0) is 9.14. The number of nitrogens with zero attached hydrogens (tertiary/aromatic N) is 1. The van der Waals surface area contributed by atoms with Gasteiger partial charge in [0, 0.05) is 24.4 Å². The Morgan fingerprint density at radius 2 is 2.50 bits per heavy atom. The smallest absolute Gasteiger partial charge is 0.232 e. The van der Waals surface area contributed by atoms with Crippen LogP contribution in [0.4, 0.5) is 0 Å². The van der Waals surface area contributed by atoms with Crippen molar-refractivity contribution in [3.8, 4) is 0 Å². The van der Waals surface area contributed by atoms with E-state index in [4.69, 9.17) is 5.73 Å². The van der Waals surface area contributed by atoms with E-state index in [-0.39, 0.29) is 11.9 Å². The predicted octanol–water partition coefficient (Wildman–Crippen LogP) is 0.298. The molecule has 2 atom stereocenters. The number of carbonyl (C=O) groups excluding carboxylic acids is 1. The van der Waals surface area contributed by atoms with E-state index in [0.717, 1.165) is 5.75 Å². The summed E-state index contributed by atoms with van der Waals surface area (Å²) < 4.78 is 0. The van der Waals surface area contributed by atoms with Crippen molar-refractivity contribution < 1.29 is 4.79 Å². The number of hydrogen-bond acceptors (Lipinski definition) is 3. The molecule has 70 valence electrons. The highest BCUT2D eigenvalue weighted by atomic mass is 32.2. The van der Waals surface area contributed by atoms with Crippen LogP contribution in [-0.2, 0) is 4.79 Å². The summed E-state index contributed by atoms with van der Waals surface area (Å²) in [6, 6.07) is 0.432. The minimum atomic E-state index is 0.0829. The van der Waals surface area contributed by atoms with E-state index in [0.29, 0.717) is 18.3 Å². The maximum atomic E-state index is 11.4. The molecule has 0 radical (unpaired) electrons. The molecule has 1 heterocycles. The molecular weight excluding hydrogens is 172 g/mol. The Labute approximate surface area is 77.7 Å². The lowest BCUT2D eigenvalue weighted by Gasteiger charge is -2.34. The third kappa shape index (κ3) is 2.38. The largest absolute Gasteiger partial charge is 0.337 e. The quantitative estimate of drug-likeness (QED) is 0.678. The number of thioether (sulfide) groups is 1. The SMILES string of the molecule is CC(N)CN1C(=O)CSCC1C. The van der Waals surface area contributed by atoms with Gasteiger partial charge in [-0.1, -0.05) is 0 Å². The van der Waals surface area contributed by atoms with Crippen molar-refractivity contribution in [2.75, 3.05) is 18.1 Å². The number of hydrogen-bond donors (Lipinski definition) is 1. The summed E-state index contributed by atoms with van der Waals surface area (Å²) in [5.74, 6) is 1.89. The van der Waals surface area contributed by atoms with Gasteiger partial charge in [0.25, 0.3) is 0 Å². The van der Waals surface area contributed by atoms with Gasteiger partial charge in [0.2, 0.25) is 5.91 Å². The number of rotatable bonds is 2. The fourth-order valence-corrected chi connectivity index (χ4v) is 2.31. The van der Waals surface area contributed by atoms with E-state index >= 15 is 0 Å². The molecule has 1 aliphatic heterocycles. The molecule has 0 aromatic rings. The Balaban J connectivity index is 2.51. The fraction of sp³-hybridized carbons (Fsp3) is 0.875. The molecule has 0 spiro atoms. The van der Waals surface area contributed by atoms with Crippen LogP contribution in [0.3, 0.4) is 0 Å². The van der Waals surface area contributed by atoms with Gasteiger partial charge in [0.1, 0.15) is 0 Å². The van der Waals surface area contributed by atoms with Crippen LogP contribution < -0.4 is 5.73 Å². The standard InChI is InChI=1S/C8H16N2OS/c1-6(9)3-10-7(2)4-12-5-8(10)11/h6-7H,3-5,9H2,1-2H3. The Morgan fingerprint density at radius 3 is 3.00 bits per heavy atom. The minimum Gasteiger partial charge on any atom is -0.337 e. The van der Waals surface area contributed by atoms with Crippen LogP contribution in [0, 0.1) is 0 Å². The lowest BCUT2D eigenvalue weighted by molar-refractivity contribution is -0.130. The van der Waals surface area contributed by atoms with Crippen molar-refractivity contribution in [3.05, 3.63) is 0 Å². The lowest BCUT2D eigenvalue weighted by atomic mass is 10.2. The zero-order valence-corrected chi connectivity index (χ0v) is 8.43. The highest BCUT2D eigenvalue weighted by Gasteiger charge is 2.25. The molecule has 1 rings (SSSR count). The monoisotopic (exact) mass is 188 g/mol. The maximum absolute atomic E-state index is 11.4. The van der Waals surface area contributed by atoms with Gasteiger partial charge < -0.3 is 10.6 Å². The second-order valence-corrected chi connectivity index (χ2v) is 4.42. The Kier molecular flexibility index (Phi) is 3.40. The topological polar surface area (TPSA) is 46.3 Å². The molecule has 0 aliphatic carbocycles. The molecule has 2 N–H and O–H groups in total. The molecule has 3 nitrogen and oxygen atoms in total. The predicted molar refractivity (Wildman–Crippen MR) is 52.1 cm³/mol. The zero-order valence-electron chi connectivity index (χ0n) is 7.62. The first-order valence-corrected chi connectivity index (χ1v) is 5.39. The van der Waals surface area contributed by atoms with Crippen molar-refractivity contribution in [3.63, 3.8) is 0 Å². The third-order valence-electron chi connectivity index (χ3n) is 1.92. The number of nitrogens with two attached hydrogens (primary N) is 1. The van der Waals surface area contributed by atoms with Crippen LogP contribution in [0.15, 0.2) is 0 Å².